The molecule has 2 aromatic rings. The van der Waals surface area contributed by atoms with Crippen molar-refractivity contribution in [3.63, 3.8) is 0 Å². The molecule has 1 aromatic heterocycles. The van der Waals surface area contributed by atoms with Gasteiger partial charge in [-0.25, -0.2) is 0 Å². The molecule has 5 nitrogen and oxygen atoms in total. The van der Waals surface area contributed by atoms with Gasteiger partial charge in [0, 0.05) is 25.5 Å². The van der Waals surface area contributed by atoms with Gasteiger partial charge in [-0.05, 0) is 42.7 Å². The summed E-state index contributed by atoms with van der Waals surface area (Å²) in [5.41, 5.74) is 2.01. The Morgan fingerprint density at radius 1 is 1.35 bits per heavy atom. The van der Waals surface area contributed by atoms with E-state index in [0.29, 0.717) is 26.1 Å². The third-order valence-corrected chi connectivity index (χ3v) is 4.44. The Labute approximate surface area is 149 Å². The summed E-state index contributed by atoms with van der Waals surface area (Å²) >= 11 is 0. The second-order valence-corrected chi connectivity index (χ2v) is 6.18. The molecule has 0 radical (unpaired) electrons. The fraction of sp³-hybridized carbons (Fsp3) is 0.444. The molecule has 1 unspecified atom stereocenters. The Bertz CT molecular complexity index is 760. The number of aromatic nitrogens is 2. The normalized spacial score (nSPS) is 15.5. The van der Waals surface area contributed by atoms with Crippen LogP contribution in [-0.4, -0.2) is 39.9 Å². The van der Waals surface area contributed by atoms with Crippen LogP contribution in [0.2, 0.25) is 0 Å². The van der Waals surface area contributed by atoms with Crippen LogP contribution in [0, 0.1) is 0 Å². The predicted octanol–water partition coefficient (Wildman–Crippen LogP) is 3.36. The lowest BCUT2D eigenvalue weighted by Gasteiger charge is -2.31. The zero-order valence-electron chi connectivity index (χ0n) is 14.4. The van der Waals surface area contributed by atoms with Crippen molar-refractivity contribution in [3.8, 4) is 5.75 Å². The van der Waals surface area contributed by atoms with Gasteiger partial charge in [-0.15, -0.1) is 0 Å². The van der Waals surface area contributed by atoms with Gasteiger partial charge in [0.25, 0.3) is 0 Å². The van der Waals surface area contributed by atoms with Crippen LogP contribution < -0.4 is 4.74 Å². The summed E-state index contributed by atoms with van der Waals surface area (Å²) in [5.74, 6) is 0.240. The van der Waals surface area contributed by atoms with Gasteiger partial charge < -0.3 is 9.64 Å². The summed E-state index contributed by atoms with van der Waals surface area (Å²) in [7, 11) is 0. The number of amides is 1. The van der Waals surface area contributed by atoms with Crippen LogP contribution in [0.3, 0.4) is 0 Å². The molecule has 26 heavy (non-hydrogen) atoms. The summed E-state index contributed by atoms with van der Waals surface area (Å²) in [6.07, 6.45) is -2.09. The maximum atomic E-state index is 13.3. The second-order valence-electron chi connectivity index (χ2n) is 6.18. The van der Waals surface area contributed by atoms with Crippen molar-refractivity contribution in [1.82, 2.24) is 14.7 Å². The second kappa shape index (κ2) is 7.39. The monoisotopic (exact) mass is 367 g/mol. The molecule has 0 bridgehead atoms. The summed E-state index contributed by atoms with van der Waals surface area (Å²) in [4.78, 5) is 14.0. The number of benzene rings is 1. The number of hydrogen-bond acceptors (Lipinski definition) is 3. The van der Waals surface area contributed by atoms with Crippen LogP contribution in [0.25, 0.3) is 0 Å². The zero-order chi connectivity index (χ0) is 18.7. The van der Waals surface area contributed by atoms with Crippen LogP contribution in [0.4, 0.5) is 13.2 Å². The van der Waals surface area contributed by atoms with Crippen molar-refractivity contribution in [2.45, 2.75) is 38.5 Å². The van der Waals surface area contributed by atoms with Gasteiger partial charge in [-0.2, -0.15) is 18.3 Å². The smallest absolute Gasteiger partial charge is 0.411 e. The fourth-order valence-corrected chi connectivity index (χ4v) is 3.12. The van der Waals surface area contributed by atoms with Gasteiger partial charge in [0.15, 0.2) is 6.04 Å². The van der Waals surface area contributed by atoms with Crippen molar-refractivity contribution in [3.05, 3.63) is 47.8 Å². The maximum Gasteiger partial charge on any atom is 0.411 e. The molecular weight excluding hydrogens is 347 g/mol. The average molecular weight is 367 g/mol. The van der Waals surface area contributed by atoms with Gasteiger partial charge in [0.1, 0.15) is 5.75 Å². The molecular formula is C18H20F3N3O2. The summed E-state index contributed by atoms with van der Waals surface area (Å²) in [5, 5.41) is 3.66. The van der Waals surface area contributed by atoms with E-state index in [1.807, 2.05) is 25.1 Å². The van der Waals surface area contributed by atoms with Crippen LogP contribution >= 0.6 is 0 Å². The van der Waals surface area contributed by atoms with Gasteiger partial charge in [0.05, 0.1) is 13.0 Å². The van der Waals surface area contributed by atoms with Crippen LogP contribution in [0.1, 0.15) is 30.5 Å². The summed E-state index contributed by atoms with van der Waals surface area (Å²) in [6.45, 7) is 3.17. The Morgan fingerprint density at radius 3 is 2.81 bits per heavy atom. The van der Waals surface area contributed by atoms with Gasteiger partial charge in [0.2, 0.25) is 5.91 Å². The maximum absolute atomic E-state index is 13.3. The van der Waals surface area contributed by atoms with Crippen LogP contribution in [0.5, 0.6) is 5.75 Å². The van der Waals surface area contributed by atoms with E-state index in [1.165, 1.54) is 23.4 Å². The first kappa shape index (κ1) is 18.3. The first-order valence-electron chi connectivity index (χ1n) is 8.46. The third kappa shape index (κ3) is 4.00. The number of rotatable bonds is 5. The fourth-order valence-electron chi connectivity index (χ4n) is 3.12. The molecule has 0 fully saturated rings. The Kier molecular flexibility index (Phi) is 5.20. The SMILES string of the molecule is CCOc1ccc2c(c1)CCN(C(=O)CC(n1cccn1)C(F)(F)F)C2. The van der Waals surface area contributed by atoms with E-state index in [2.05, 4.69) is 5.10 Å². The molecule has 3 rings (SSSR count). The number of carbonyl (C=O) groups is 1. The summed E-state index contributed by atoms with van der Waals surface area (Å²) in [6, 6.07) is 5.08. The highest BCUT2D eigenvalue weighted by molar-refractivity contribution is 5.77. The number of fused-ring (bicyclic) bond motifs is 1. The Hall–Kier alpha value is -2.51. The molecule has 1 amide bonds. The van der Waals surface area contributed by atoms with Crippen molar-refractivity contribution >= 4 is 5.91 Å². The molecule has 8 heteroatoms. The van der Waals surface area contributed by atoms with E-state index in [0.717, 1.165) is 21.6 Å². The highest BCUT2D eigenvalue weighted by Gasteiger charge is 2.43. The number of halogens is 3. The average Bonchev–Trinajstić information content (AvgIpc) is 3.12. The van der Waals surface area contributed by atoms with E-state index in [-0.39, 0.29) is 0 Å². The lowest BCUT2D eigenvalue weighted by molar-refractivity contribution is -0.177. The molecule has 0 saturated carbocycles. The van der Waals surface area contributed by atoms with Gasteiger partial charge >= 0.3 is 6.18 Å². The minimum atomic E-state index is -4.54. The lowest BCUT2D eigenvalue weighted by Crippen LogP contribution is -2.39. The number of hydrogen-bond donors (Lipinski definition) is 0. The van der Waals surface area contributed by atoms with Crippen LogP contribution in [0.15, 0.2) is 36.7 Å². The van der Waals surface area contributed by atoms with E-state index in [4.69, 9.17) is 4.74 Å². The van der Waals surface area contributed by atoms with E-state index >= 15 is 0 Å². The van der Waals surface area contributed by atoms with Gasteiger partial charge in [-0.1, -0.05) is 6.07 Å². The molecule has 0 N–H and O–H groups in total. The standard InChI is InChI=1S/C18H20F3N3O2/c1-2-26-15-5-4-14-12-23(9-6-13(14)10-15)17(25)11-16(18(19,20)21)24-8-3-7-22-24/h3-5,7-8,10,16H,2,6,9,11-12H2,1H3. The lowest BCUT2D eigenvalue weighted by atomic mass is 9.99. The third-order valence-electron chi connectivity index (χ3n) is 4.44. The molecule has 1 aliphatic heterocycles. The van der Waals surface area contributed by atoms with Crippen molar-refractivity contribution in [2.75, 3.05) is 13.2 Å². The molecule has 1 atom stereocenters. The van der Waals surface area contributed by atoms with E-state index in [1.54, 1.807) is 0 Å². The van der Waals surface area contributed by atoms with Crippen LogP contribution in [-0.2, 0) is 17.8 Å². The Morgan fingerprint density at radius 2 is 2.15 bits per heavy atom. The quantitative estimate of drug-likeness (QED) is 0.814. The first-order valence-corrected chi connectivity index (χ1v) is 8.46. The van der Waals surface area contributed by atoms with Gasteiger partial charge in [-0.3, -0.25) is 9.48 Å². The van der Waals surface area contributed by atoms with Crippen molar-refractivity contribution < 1.29 is 22.7 Å². The number of carbonyl (C=O) groups excluding carboxylic acids is 1. The molecule has 0 aliphatic carbocycles. The van der Waals surface area contributed by atoms with E-state index in [9.17, 15) is 18.0 Å². The van der Waals surface area contributed by atoms with Crippen molar-refractivity contribution in [1.29, 1.82) is 0 Å². The minimum Gasteiger partial charge on any atom is -0.494 e. The number of alkyl halides is 3. The Balaban J connectivity index is 1.71. The largest absolute Gasteiger partial charge is 0.494 e. The van der Waals surface area contributed by atoms with E-state index < -0.39 is 24.5 Å². The number of nitrogens with zero attached hydrogens (tertiary/aromatic N) is 3. The highest BCUT2D eigenvalue weighted by atomic mass is 19.4. The molecule has 2 heterocycles. The molecule has 1 aliphatic rings. The molecule has 0 saturated heterocycles. The van der Waals surface area contributed by atoms with Crippen molar-refractivity contribution in [2.24, 2.45) is 0 Å². The molecule has 0 spiro atoms. The highest BCUT2D eigenvalue weighted by Crippen LogP contribution is 2.34. The minimum absolute atomic E-state index is 0.310. The predicted molar refractivity (Wildman–Crippen MR) is 88.7 cm³/mol. The zero-order valence-corrected chi connectivity index (χ0v) is 14.4. The molecule has 140 valence electrons. The topological polar surface area (TPSA) is 47.4 Å². The summed E-state index contributed by atoms with van der Waals surface area (Å²) < 4.78 is 46.2. The number of ether oxygens (including phenoxy) is 1. The first-order chi connectivity index (χ1) is 12.4. The molecule has 1 aromatic carbocycles.